The molecule has 4 atom stereocenters. The summed E-state index contributed by atoms with van der Waals surface area (Å²) in [4.78, 5) is 26.8. The number of anilines is 2. The summed E-state index contributed by atoms with van der Waals surface area (Å²) in [5.74, 6) is -1.14. The van der Waals surface area contributed by atoms with Crippen LogP contribution in [0.5, 0.6) is 0 Å². The van der Waals surface area contributed by atoms with Crippen molar-refractivity contribution in [2.45, 2.75) is 51.4 Å². The number of aliphatic hydroxyl groups excluding tert-OH is 1. The number of ether oxygens (including phenoxy) is 1. The van der Waals surface area contributed by atoms with E-state index in [9.17, 15) is 19.8 Å². The van der Waals surface area contributed by atoms with Gasteiger partial charge in [-0.05, 0) is 38.5 Å². The molecule has 0 bridgehead atoms. The maximum Gasteiger partial charge on any atom is 0.264 e. The first kappa shape index (κ1) is 21.5. The van der Waals surface area contributed by atoms with Gasteiger partial charge in [-0.1, -0.05) is 13.0 Å². The zero-order chi connectivity index (χ0) is 21.6. The van der Waals surface area contributed by atoms with Gasteiger partial charge in [-0.2, -0.15) is 0 Å². The zero-order valence-corrected chi connectivity index (χ0v) is 17.4. The van der Waals surface area contributed by atoms with Crippen molar-refractivity contribution in [2.24, 2.45) is 11.8 Å². The monoisotopic (exact) mass is 402 g/mol. The molecule has 29 heavy (non-hydrogen) atoms. The van der Waals surface area contributed by atoms with Gasteiger partial charge in [0.15, 0.2) is 5.60 Å². The number of carbonyl (C=O) groups is 2. The first-order valence-corrected chi connectivity index (χ1v) is 9.94. The van der Waals surface area contributed by atoms with Crippen molar-refractivity contribution in [1.29, 1.82) is 0 Å². The lowest BCUT2D eigenvalue weighted by molar-refractivity contribution is -0.146. The molecule has 1 spiro atoms. The molecule has 7 nitrogen and oxygen atoms in total. The second kappa shape index (κ2) is 7.55. The number of rotatable bonds is 6. The Morgan fingerprint density at radius 2 is 2.14 bits per heavy atom. The minimum atomic E-state index is -1.29. The number of fused-ring (bicyclic) bond motifs is 2. The molecule has 1 aromatic carbocycles. The van der Waals surface area contributed by atoms with Crippen LogP contribution < -0.4 is 10.2 Å². The fraction of sp³-hybridized carbons (Fsp3) is 0.545. The second-order valence-corrected chi connectivity index (χ2v) is 8.49. The number of carbonyl (C=O) groups excluding carboxylic acids is 2. The third-order valence-corrected chi connectivity index (χ3v) is 6.03. The molecule has 1 fully saturated rings. The maximum atomic E-state index is 13.7. The predicted octanol–water partition coefficient (Wildman–Crippen LogP) is 2.18. The van der Waals surface area contributed by atoms with Crippen LogP contribution in [-0.4, -0.2) is 46.9 Å². The Kier molecular flexibility index (Phi) is 5.60. The van der Waals surface area contributed by atoms with Crippen LogP contribution in [-0.2, 0) is 19.9 Å². The summed E-state index contributed by atoms with van der Waals surface area (Å²) in [5, 5.41) is 23.2. The van der Waals surface area contributed by atoms with E-state index in [-0.39, 0.29) is 30.3 Å². The van der Waals surface area contributed by atoms with Crippen LogP contribution in [0, 0.1) is 11.8 Å². The first-order chi connectivity index (χ1) is 13.6. The Bertz CT molecular complexity index is 831. The SMILES string of the molecule is C=CCN1C(=O)[C@]2(O[C@H](CCO)[C@@H](C(C)(C)O)[C@@H]2C)c2cc(NC(C)=O)ccc21. The lowest BCUT2D eigenvalue weighted by atomic mass is 9.71. The molecule has 3 N–H and O–H groups in total. The van der Waals surface area contributed by atoms with Gasteiger partial charge < -0.3 is 25.2 Å². The van der Waals surface area contributed by atoms with Gasteiger partial charge in [-0.25, -0.2) is 0 Å². The molecule has 0 unspecified atom stereocenters. The first-order valence-electron chi connectivity index (χ1n) is 9.94. The lowest BCUT2D eigenvalue weighted by Gasteiger charge is -2.34. The number of amides is 2. The fourth-order valence-corrected chi connectivity index (χ4v) is 5.07. The normalized spacial score (nSPS) is 28.7. The molecule has 0 aromatic heterocycles. The van der Waals surface area contributed by atoms with Gasteiger partial charge >= 0.3 is 0 Å². The molecular formula is C22H30N2O5. The summed E-state index contributed by atoms with van der Waals surface area (Å²) in [6, 6.07) is 5.32. The Balaban J connectivity index is 2.19. The topological polar surface area (TPSA) is 99.1 Å². The minimum absolute atomic E-state index is 0.108. The standard InChI is InChI=1S/C22H30N2O5/c1-6-10-24-17-8-7-15(23-14(3)26)12-16(17)22(20(24)27)13(2)19(21(4,5)28)18(29-22)9-11-25/h6-8,12-13,18-19,25,28H,1,9-11H2,2-5H3,(H,23,26)/t13-,18+,19-,22+/m0/s1. The second-order valence-electron chi connectivity index (χ2n) is 8.49. The molecule has 2 amide bonds. The molecule has 1 saturated heterocycles. The van der Waals surface area contributed by atoms with Crippen molar-refractivity contribution in [3.8, 4) is 0 Å². The largest absolute Gasteiger partial charge is 0.396 e. The smallest absolute Gasteiger partial charge is 0.264 e. The van der Waals surface area contributed by atoms with Crippen LogP contribution in [0.15, 0.2) is 30.9 Å². The van der Waals surface area contributed by atoms with E-state index < -0.39 is 17.3 Å². The van der Waals surface area contributed by atoms with Crippen LogP contribution in [0.1, 0.15) is 39.7 Å². The van der Waals surface area contributed by atoms with Crippen molar-refractivity contribution in [3.05, 3.63) is 36.4 Å². The Hall–Kier alpha value is -2.22. The van der Waals surface area contributed by atoms with Crippen LogP contribution in [0.25, 0.3) is 0 Å². The quantitative estimate of drug-likeness (QED) is 0.634. The number of hydrogen-bond acceptors (Lipinski definition) is 5. The number of nitrogens with zero attached hydrogens (tertiary/aromatic N) is 1. The van der Waals surface area contributed by atoms with Gasteiger partial charge in [-0.3, -0.25) is 9.59 Å². The predicted molar refractivity (Wildman–Crippen MR) is 111 cm³/mol. The summed E-state index contributed by atoms with van der Waals surface area (Å²) in [6.07, 6.45) is 1.48. The summed E-state index contributed by atoms with van der Waals surface area (Å²) in [7, 11) is 0. The molecule has 2 aliphatic rings. The number of aliphatic hydroxyl groups is 2. The van der Waals surface area contributed by atoms with Crippen molar-refractivity contribution in [1.82, 2.24) is 0 Å². The van der Waals surface area contributed by atoms with Gasteiger partial charge in [0, 0.05) is 43.2 Å². The maximum absolute atomic E-state index is 13.7. The van der Waals surface area contributed by atoms with Crippen molar-refractivity contribution >= 4 is 23.2 Å². The summed E-state index contributed by atoms with van der Waals surface area (Å²) < 4.78 is 6.42. The van der Waals surface area contributed by atoms with E-state index in [0.717, 1.165) is 0 Å². The highest BCUT2D eigenvalue weighted by Crippen LogP contribution is 2.58. The minimum Gasteiger partial charge on any atom is -0.396 e. The molecular weight excluding hydrogens is 372 g/mol. The van der Waals surface area contributed by atoms with E-state index in [1.165, 1.54) is 6.92 Å². The average molecular weight is 402 g/mol. The molecule has 0 radical (unpaired) electrons. The van der Waals surface area contributed by atoms with Gasteiger partial charge in [0.05, 0.1) is 17.4 Å². The molecule has 2 heterocycles. The van der Waals surface area contributed by atoms with Crippen LogP contribution >= 0.6 is 0 Å². The fourth-order valence-electron chi connectivity index (χ4n) is 5.07. The highest BCUT2D eigenvalue weighted by molar-refractivity contribution is 6.08. The van der Waals surface area contributed by atoms with E-state index in [2.05, 4.69) is 11.9 Å². The van der Waals surface area contributed by atoms with Crippen LogP contribution in [0.3, 0.4) is 0 Å². The van der Waals surface area contributed by atoms with E-state index in [1.807, 2.05) is 6.92 Å². The summed E-state index contributed by atoms with van der Waals surface area (Å²) in [5.41, 5.74) is -0.459. The van der Waals surface area contributed by atoms with Crippen molar-refractivity contribution in [3.63, 3.8) is 0 Å². The van der Waals surface area contributed by atoms with E-state index in [4.69, 9.17) is 4.74 Å². The number of hydrogen-bond donors (Lipinski definition) is 3. The van der Waals surface area contributed by atoms with Gasteiger partial charge in [0.25, 0.3) is 5.91 Å². The van der Waals surface area contributed by atoms with Gasteiger partial charge in [0.2, 0.25) is 5.91 Å². The molecule has 3 rings (SSSR count). The molecule has 158 valence electrons. The van der Waals surface area contributed by atoms with E-state index in [0.29, 0.717) is 29.9 Å². The average Bonchev–Trinajstić information content (AvgIpc) is 3.03. The molecule has 0 aliphatic carbocycles. The van der Waals surface area contributed by atoms with Gasteiger partial charge in [0.1, 0.15) is 0 Å². The summed E-state index contributed by atoms with van der Waals surface area (Å²) >= 11 is 0. The molecule has 0 saturated carbocycles. The van der Waals surface area contributed by atoms with Crippen molar-refractivity contribution < 1.29 is 24.5 Å². The Labute approximate surface area is 171 Å². The Morgan fingerprint density at radius 1 is 1.45 bits per heavy atom. The van der Waals surface area contributed by atoms with E-state index in [1.54, 1.807) is 43.0 Å². The van der Waals surface area contributed by atoms with Crippen LogP contribution in [0.4, 0.5) is 11.4 Å². The highest BCUT2D eigenvalue weighted by Gasteiger charge is 2.65. The van der Waals surface area contributed by atoms with Gasteiger partial charge in [-0.15, -0.1) is 6.58 Å². The third kappa shape index (κ3) is 3.37. The lowest BCUT2D eigenvalue weighted by Crippen LogP contribution is -2.46. The van der Waals surface area contributed by atoms with Crippen molar-refractivity contribution in [2.75, 3.05) is 23.4 Å². The molecule has 2 aliphatic heterocycles. The third-order valence-electron chi connectivity index (χ3n) is 6.03. The van der Waals surface area contributed by atoms with E-state index >= 15 is 0 Å². The number of benzene rings is 1. The van der Waals surface area contributed by atoms with Crippen LogP contribution in [0.2, 0.25) is 0 Å². The number of nitrogens with one attached hydrogen (secondary N) is 1. The molecule has 1 aromatic rings. The Morgan fingerprint density at radius 3 is 2.69 bits per heavy atom. The highest BCUT2D eigenvalue weighted by atomic mass is 16.5. The molecule has 7 heteroatoms. The zero-order valence-electron chi connectivity index (χ0n) is 17.4. The summed E-state index contributed by atoms with van der Waals surface area (Å²) in [6.45, 7) is 10.7.